The van der Waals surface area contributed by atoms with Crippen molar-refractivity contribution in [2.45, 2.75) is 26.3 Å². The van der Waals surface area contributed by atoms with E-state index in [-0.39, 0.29) is 0 Å². The number of nitrogens with one attached hydrogen (secondary N) is 1. The van der Waals surface area contributed by atoms with Crippen molar-refractivity contribution in [1.82, 2.24) is 10.2 Å². The third kappa shape index (κ3) is 3.95. The number of likely N-dealkylation sites (tertiary alicyclic amines) is 1. The van der Waals surface area contributed by atoms with E-state index in [0.29, 0.717) is 6.04 Å². The molecule has 0 aliphatic carbocycles. The summed E-state index contributed by atoms with van der Waals surface area (Å²) in [7, 11) is 1.80. The number of methoxy groups -OCH3 is 1. The molecule has 14 heavy (non-hydrogen) atoms. The predicted octanol–water partition coefficient (Wildman–Crippen LogP) is 0.953. The van der Waals surface area contributed by atoms with E-state index in [4.69, 9.17) is 4.74 Å². The third-order valence-corrected chi connectivity index (χ3v) is 2.86. The molecule has 1 fully saturated rings. The van der Waals surface area contributed by atoms with Crippen LogP contribution in [0.4, 0.5) is 0 Å². The molecular weight excluding hydrogens is 176 g/mol. The molecule has 2 unspecified atom stereocenters. The van der Waals surface area contributed by atoms with Gasteiger partial charge in [-0.15, -0.1) is 0 Å². The van der Waals surface area contributed by atoms with Crippen LogP contribution in [0.25, 0.3) is 0 Å². The molecule has 1 N–H and O–H groups in total. The Hall–Kier alpha value is -0.120. The topological polar surface area (TPSA) is 24.5 Å². The van der Waals surface area contributed by atoms with Gasteiger partial charge in [-0.3, -0.25) is 0 Å². The van der Waals surface area contributed by atoms with Gasteiger partial charge in [-0.05, 0) is 32.4 Å². The summed E-state index contributed by atoms with van der Waals surface area (Å²) in [5.74, 6) is 0.758. The lowest BCUT2D eigenvalue weighted by atomic mass is 10.1. The van der Waals surface area contributed by atoms with Gasteiger partial charge < -0.3 is 15.0 Å². The smallest absolute Gasteiger partial charge is 0.0503 e. The predicted molar refractivity (Wildman–Crippen MR) is 59.6 cm³/mol. The minimum atomic E-state index is 0.612. The average Bonchev–Trinajstić information content (AvgIpc) is 2.53. The van der Waals surface area contributed by atoms with E-state index in [1.807, 2.05) is 0 Å². The van der Waals surface area contributed by atoms with Gasteiger partial charge in [0.2, 0.25) is 0 Å². The summed E-state index contributed by atoms with van der Waals surface area (Å²) in [4.78, 5) is 2.54. The first-order valence-electron chi connectivity index (χ1n) is 5.71. The monoisotopic (exact) mass is 200 g/mol. The summed E-state index contributed by atoms with van der Waals surface area (Å²) in [5, 5.41) is 3.45. The molecule has 0 saturated carbocycles. The maximum atomic E-state index is 5.18. The van der Waals surface area contributed by atoms with Crippen LogP contribution in [0.15, 0.2) is 0 Å². The van der Waals surface area contributed by atoms with Crippen LogP contribution in [-0.4, -0.2) is 50.8 Å². The molecule has 0 bridgehead atoms. The van der Waals surface area contributed by atoms with E-state index in [1.165, 1.54) is 26.1 Å². The molecule has 0 radical (unpaired) electrons. The maximum Gasteiger partial charge on any atom is 0.0503 e. The van der Waals surface area contributed by atoms with E-state index in [9.17, 15) is 0 Å². The van der Waals surface area contributed by atoms with Gasteiger partial charge in [-0.1, -0.05) is 6.92 Å². The minimum absolute atomic E-state index is 0.612. The molecule has 1 aliphatic heterocycles. The van der Waals surface area contributed by atoms with Crippen LogP contribution in [0.1, 0.15) is 20.3 Å². The number of ether oxygens (including phenoxy) is 1. The highest BCUT2D eigenvalue weighted by Crippen LogP contribution is 2.16. The van der Waals surface area contributed by atoms with Gasteiger partial charge in [0, 0.05) is 26.2 Å². The number of hydrogen-bond acceptors (Lipinski definition) is 3. The van der Waals surface area contributed by atoms with Gasteiger partial charge in [0.15, 0.2) is 0 Å². The van der Waals surface area contributed by atoms with Gasteiger partial charge in [0.1, 0.15) is 0 Å². The van der Waals surface area contributed by atoms with Crippen molar-refractivity contribution in [2.24, 2.45) is 5.92 Å². The zero-order valence-corrected chi connectivity index (χ0v) is 9.75. The molecule has 3 heteroatoms. The lowest BCUT2D eigenvalue weighted by molar-refractivity contribution is 0.152. The normalized spacial score (nSPS) is 25.5. The Morgan fingerprint density at radius 2 is 2.36 bits per heavy atom. The van der Waals surface area contributed by atoms with Crippen molar-refractivity contribution < 1.29 is 4.74 Å². The fourth-order valence-electron chi connectivity index (χ4n) is 2.25. The van der Waals surface area contributed by atoms with Crippen molar-refractivity contribution in [3.63, 3.8) is 0 Å². The molecule has 0 aromatic heterocycles. The van der Waals surface area contributed by atoms with Gasteiger partial charge >= 0.3 is 0 Å². The second kappa shape index (κ2) is 6.38. The van der Waals surface area contributed by atoms with Crippen LogP contribution in [0.5, 0.6) is 0 Å². The van der Waals surface area contributed by atoms with Gasteiger partial charge in [0.25, 0.3) is 0 Å². The number of hydrogen-bond donors (Lipinski definition) is 1. The van der Waals surface area contributed by atoms with E-state index >= 15 is 0 Å². The van der Waals surface area contributed by atoms with Crippen molar-refractivity contribution in [2.75, 3.05) is 39.9 Å². The van der Waals surface area contributed by atoms with Crippen molar-refractivity contribution in [3.8, 4) is 0 Å². The molecule has 0 spiro atoms. The van der Waals surface area contributed by atoms with Crippen LogP contribution in [-0.2, 0) is 4.74 Å². The highest BCUT2D eigenvalue weighted by Gasteiger charge is 2.22. The first kappa shape index (κ1) is 12.0. The lowest BCUT2D eigenvalue weighted by Gasteiger charge is -2.21. The fraction of sp³-hybridized carbons (Fsp3) is 1.00. The SMILES string of the molecule is CCNC(C)CN1CCC(COC)C1. The summed E-state index contributed by atoms with van der Waals surface area (Å²) in [6.07, 6.45) is 1.30. The van der Waals surface area contributed by atoms with E-state index in [2.05, 4.69) is 24.1 Å². The number of nitrogens with zero attached hydrogens (tertiary/aromatic N) is 1. The summed E-state index contributed by atoms with van der Waals surface area (Å²) in [6.45, 7) is 10.0. The summed E-state index contributed by atoms with van der Waals surface area (Å²) < 4.78 is 5.18. The highest BCUT2D eigenvalue weighted by molar-refractivity contribution is 4.78. The number of likely N-dealkylation sites (N-methyl/N-ethyl adjacent to an activating group) is 1. The summed E-state index contributed by atoms with van der Waals surface area (Å²) >= 11 is 0. The Kier molecular flexibility index (Phi) is 5.45. The third-order valence-electron chi connectivity index (χ3n) is 2.86. The summed E-state index contributed by atoms with van der Waals surface area (Å²) in [6, 6.07) is 0.612. The van der Waals surface area contributed by atoms with Crippen molar-refractivity contribution in [3.05, 3.63) is 0 Å². The van der Waals surface area contributed by atoms with Crippen LogP contribution in [0.2, 0.25) is 0 Å². The maximum absolute atomic E-state index is 5.18. The van der Waals surface area contributed by atoms with Crippen LogP contribution in [0, 0.1) is 5.92 Å². The first-order chi connectivity index (χ1) is 6.76. The Bertz CT molecular complexity index is 152. The highest BCUT2D eigenvalue weighted by atomic mass is 16.5. The van der Waals surface area contributed by atoms with E-state index in [1.54, 1.807) is 7.11 Å². The lowest BCUT2D eigenvalue weighted by Crippen LogP contribution is -2.38. The van der Waals surface area contributed by atoms with Gasteiger partial charge in [-0.25, -0.2) is 0 Å². The zero-order chi connectivity index (χ0) is 10.4. The fourth-order valence-corrected chi connectivity index (χ4v) is 2.25. The number of rotatable bonds is 6. The Morgan fingerprint density at radius 1 is 1.57 bits per heavy atom. The molecule has 0 aromatic rings. The van der Waals surface area contributed by atoms with Crippen LogP contribution in [0.3, 0.4) is 0 Å². The Labute approximate surface area is 87.8 Å². The van der Waals surface area contributed by atoms with Gasteiger partial charge in [0.05, 0.1) is 6.61 Å². The van der Waals surface area contributed by atoms with E-state index < -0.39 is 0 Å². The molecule has 3 nitrogen and oxygen atoms in total. The van der Waals surface area contributed by atoms with Crippen molar-refractivity contribution in [1.29, 1.82) is 0 Å². The largest absolute Gasteiger partial charge is 0.384 e. The molecule has 1 heterocycles. The second-order valence-corrected chi connectivity index (χ2v) is 4.33. The minimum Gasteiger partial charge on any atom is -0.384 e. The molecule has 1 aliphatic rings. The average molecular weight is 200 g/mol. The molecule has 0 aromatic carbocycles. The molecule has 0 amide bonds. The second-order valence-electron chi connectivity index (χ2n) is 4.33. The molecular formula is C11H24N2O. The molecule has 1 rings (SSSR count). The van der Waals surface area contributed by atoms with Gasteiger partial charge in [-0.2, -0.15) is 0 Å². The summed E-state index contributed by atoms with van der Waals surface area (Å²) in [5.41, 5.74) is 0. The first-order valence-corrected chi connectivity index (χ1v) is 5.71. The standard InChI is InChI=1S/C11H24N2O/c1-4-12-10(2)7-13-6-5-11(8-13)9-14-3/h10-12H,4-9H2,1-3H3. The Balaban J connectivity index is 2.15. The van der Waals surface area contributed by atoms with Crippen LogP contribution >= 0.6 is 0 Å². The zero-order valence-electron chi connectivity index (χ0n) is 9.75. The quantitative estimate of drug-likeness (QED) is 0.691. The van der Waals surface area contributed by atoms with Crippen molar-refractivity contribution >= 4 is 0 Å². The van der Waals surface area contributed by atoms with E-state index in [0.717, 1.165) is 19.1 Å². The molecule has 1 saturated heterocycles. The Morgan fingerprint density at radius 3 is 3.00 bits per heavy atom. The molecule has 84 valence electrons. The van der Waals surface area contributed by atoms with Crippen LogP contribution < -0.4 is 5.32 Å². The molecule has 2 atom stereocenters.